The van der Waals surface area contributed by atoms with Crippen LogP contribution >= 0.6 is 0 Å². The normalized spacial score (nSPS) is 10.1. The summed E-state index contributed by atoms with van der Waals surface area (Å²) in [4.78, 5) is 23.8. The van der Waals surface area contributed by atoms with Gasteiger partial charge in [0.2, 0.25) is 5.91 Å². The van der Waals surface area contributed by atoms with Gasteiger partial charge in [-0.1, -0.05) is 30.3 Å². The van der Waals surface area contributed by atoms with Crippen molar-refractivity contribution in [3.8, 4) is 11.5 Å². The van der Waals surface area contributed by atoms with Gasteiger partial charge in [-0.15, -0.1) is 0 Å². The molecule has 0 aliphatic carbocycles. The molecule has 138 valence electrons. The van der Waals surface area contributed by atoms with E-state index in [0.717, 1.165) is 11.1 Å². The standard InChI is InChI=1S/C20H24N2O4/c1-4-25-17-7-5-6-8-18(17)26-13-20(24)22-21-19(23)12-16-10-9-14(2)15(3)11-16/h5-11H,4,12-13H2,1-3H3,(H,21,23)(H,22,24). The van der Waals surface area contributed by atoms with Gasteiger partial charge >= 0.3 is 0 Å². The van der Waals surface area contributed by atoms with Crippen LogP contribution in [0.1, 0.15) is 23.6 Å². The first kappa shape index (κ1) is 19.3. The number of ether oxygens (including phenoxy) is 2. The maximum absolute atomic E-state index is 11.9. The molecule has 0 spiro atoms. The van der Waals surface area contributed by atoms with Crippen LogP contribution in [0.3, 0.4) is 0 Å². The number of amides is 2. The topological polar surface area (TPSA) is 76.7 Å². The van der Waals surface area contributed by atoms with Crippen molar-refractivity contribution in [3.63, 3.8) is 0 Å². The minimum Gasteiger partial charge on any atom is -0.490 e. The van der Waals surface area contributed by atoms with Gasteiger partial charge < -0.3 is 9.47 Å². The van der Waals surface area contributed by atoms with Crippen molar-refractivity contribution >= 4 is 11.8 Å². The molecule has 2 N–H and O–H groups in total. The molecule has 6 nitrogen and oxygen atoms in total. The summed E-state index contributed by atoms with van der Waals surface area (Å²) in [6.45, 7) is 6.16. The Hall–Kier alpha value is -3.02. The minimum absolute atomic E-state index is 0.190. The highest BCUT2D eigenvalue weighted by Gasteiger charge is 2.09. The van der Waals surface area contributed by atoms with Crippen LogP contribution in [0.4, 0.5) is 0 Å². The molecule has 0 unspecified atom stereocenters. The fourth-order valence-corrected chi connectivity index (χ4v) is 2.31. The van der Waals surface area contributed by atoms with E-state index in [1.54, 1.807) is 18.2 Å². The lowest BCUT2D eigenvalue weighted by Gasteiger charge is -2.12. The summed E-state index contributed by atoms with van der Waals surface area (Å²) >= 11 is 0. The van der Waals surface area contributed by atoms with Crippen molar-refractivity contribution in [2.45, 2.75) is 27.2 Å². The van der Waals surface area contributed by atoms with E-state index < -0.39 is 5.91 Å². The number of aryl methyl sites for hydroxylation is 2. The molecule has 0 heterocycles. The SMILES string of the molecule is CCOc1ccccc1OCC(=O)NNC(=O)Cc1ccc(C)c(C)c1. The predicted octanol–water partition coefficient (Wildman–Crippen LogP) is 2.47. The van der Waals surface area contributed by atoms with E-state index in [9.17, 15) is 9.59 Å². The first-order chi connectivity index (χ1) is 12.5. The van der Waals surface area contributed by atoms with E-state index in [0.29, 0.717) is 18.1 Å². The van der Waals surface area contributed by atoms with Gasteiger partial charge in [-0.3, -0.25) is 20.4 Å². The highest BCUT2D eigenvalue weighted by molar-refractivity contribution is 5.83. The largest absolute Gasteiger partial charge is 0.490 e. The Balaban J connectivity index is 1.78. The molecule has 2 amide bonds. The van der Waals surface area contributed by atoms with Crippen LogP contribution in [0.5, 0.6) is 11.5 Å². The number of hydrazine groups is 1. The molecule has 26 heavy (non-hydrogen) atoms. The first-order valence-corrected chi connectivity index (χ1v) is 8.48. The number of carbonyl (C=O) groups excluding carboxylic acids is 2. The number of hydrogen-bond acceptors (Lipinski definition) is 4. The Morgan fingerprint density at radius 1 is 0.885 bits per heavy atom. The van der Waals surface area contributed by atoms with E-state index in [-0.39, 0.29) is 18.9 Å². The summed E-state index contributed by atoms with van der Waals surface area (Å²) in [6.07, 6.45) is 0.190. The summed E-state index contributed by atoms with van der Waals surface area (Å²) < 4.78 is 10.9. The Morgan fingerprint density at radius 3 is 2.19 bits per heavy atom. The zero-order chi connectivity index (χ0) is 18.9. The third-order valence-electron chi connectivity index (χ3n) is 3.79. The van der Waals surface area contributed by atoms with E-state index in [1.807, 2.05) is 45.0 Å². The third kappa shape index (κ3) is 5.81. The maximum Gasteiger partial charge on any atom is 0.276 e. The number of hydrogen-bond donors (Lipinski definition) is 2. The van der Waals surface area contributed by atoms with Crippen molar-refractivity contribution in [2.75, 3.05) is 13.2 Å². The third-order valence-corrected chi connectivity index (χ3v) is 3.79. The number of rotatable bonds is 7. The monoisotopic (exact) mass is 356 g/mol. The fourth-order valence-electron chi connectivity index (χ4n) is 2.31. The Bertz CT molecular complexity index is 774. The van der Waals surface area contributed by atoms with Crippen LogP contribution in [0.15, 0.2) is 42.5 Å². The average molecular weight is 356 g/mol. The van der Waals surface area contributed by atoms with Crippen molar-refractivity contribution in [1.29, 1.82) is 0 Å². The summed E-state index contributed by atoms with van der Waals surface area (Å²) in [5, 5.41) is 0. The molecule has 2 aromatic carbocycles. The molecule has 6 heteroatoms. The van der Waals surface area contributed by atoms with Gasteiger partial charge in [-0.25, -0.2) is 0 Å². The molecular formula is C20H24N2O4. The van der Waals surface area contributed by atoms with Crippen molar-refractivity contribution in [2.24, 2.45) is 0 Å². The quantitative estimate of drug-likeness (QED) is 0.747. The van der Waals surface area contributed by atoms with Crippen LogP contribution in [-0.2, 0) is 16.0 Å². The van der Waals surface area contributed by atoms with E-state index in [1.165, 1.54) is 5.56 Å². The smallest absolute Gasteiger partial charge is 0.276 e. The molecule has 0 radical (unpaired) electrons. The number of para-hydroxylation sites is 2. The number of nitrogens with one attached hydrogen (secondary N) is 2. The molecule has 0 aliphatic rings. The Morgan fingerprint density at radius 2 is 1.54 bits per heavy atom. The average Bonchev–Trinajstić information content (AvgIpc) is 2.62. The molecule has 2 rings (SSSR count). The zero-order valence-electron chi connectivity index (χ0n) is 15.3. The molecule has 0 atom stereocenters. The maximum atomic E-state index is 11.9. The molecular weight excluding hydrogens is 332 g/mol. The Labute approximate surface area is 153 Å². The van der Waals surface area contributed by atoms with Crippen molar-refractivity contribution in [3.05, 3.63) is 59.2 Å². The van der Waals surface area contributed by atoms with Gasteiger partial charge in [-0.05, 0) is 49.6 Å². The van der Waals surface area contributed by atoms with Crippen LogP contribution in [0.2, 0.25) is 0 Å². The molecule has 2 aromatic rings. The molecule has 0 fully saturated rings. The minimum atomic E-state index is -0.454. The van der Waals surface area contributed by atoms with Crippen LogP contribution in [-0.4, -0.2) is 25.0 Å². The van der Waals surface area contributed by atoms with Crippen LogP contribution in [0, 0.1) is 13.8 Å². The van der Waals surface area contributed by atoms with Gasteiger partial charge in [0.25, 0.3) is 5.91 Å². The van der Waals surface area contributed by atoms with Crippen molar-refractivity contribution in [1.82, 2.24) is 10.9 Å². The van der Waals surface area contributed by atoms with Gasteiger partial charge in [0, 0.05) is 0 Å². The second-order valence-electron chi connectivity index (χ2n) is 5.86. The van der Waals surface area contributed by atoms with Crippen LogP contribution < -0.4 is 20.3 Å². The van der Waals surface area contributed by atoms with Gasteiger partial charge in [-0.2, -0.15) is 0 Å². The van der Waals surface area contributed by atoms with Gasteiger partial charge in [0.1, 0.15) is 0 Å². The molecule has 0 saturated carbocycles. The van der Waals surface area contributed by atoms with Crippen LogP contribution in [0.25, 0.3) is 0 Å². The first-order valence-electron chi connectivity index (χ1n) is 8.48. The highest BCUT2D eigenvalue weighted by Crippen LogP contribution is 2.26. The number of benzene rings is 2. The second-order valence-corrected chi connectivity index (χ2v) is 5.86. The molecule has 0 aliphatic heterocycles. The lowest BCUT2D eigenvalue weighted by Crippen LogP contribution is -2.44. The summed E-state index contributed by atoms with van der Waals surface area (Å²) in [7, 11) is 0. The summed E-state index contributed by atoms with van der Waals surface area (Å²) in [5.41, 5.74) is 7.93. The lowest BCUT2D eigenvalue weighted by atomic mass is 10.0. The Kier molecular flexibility index (Phi) is 7.02. The summed E-state index contributed by atoms with van der Waals surface area (Å²) in [5.74, 6) is 0.300. The second kappa shape index (κ2) is 9.46. The molecule has 0 saturated heterocycles. The van der Waals surface area contributed by atoms with Gasteiger partial charge in [0.05, 0.1) is 13.0 Å². The molecule has 0 aromatic heterocycles. The lowest BCUT2D eigenvalue weighted by molar-refractivity contribution is -0.129. The highest BCUT2D eigenvalue weighted by atomic mass is 16.5. The number of carbonyl (C=O) groups is 2. The fraction of sp³-hybridized carbons (Fsp3) is 0.300. The zero-order valence-corrected chi connectivity index (χ0v) is 15.3. The van der Waals surface area contributed by atoms with Crippen molar-refractivity contribution < 1.29 is 19.1 Å². The molecule has 0 bridgehead atoms. The van der Waals surface area contributed by atoms with E-state index in [2.05, 4.69) is 10.9 Å². The van der Waals surface area contributed by atoms with E-state index in [4.69, 9.17) is 9.47 Å². The van der Waals surface area contributed by atoms with Gasteiger partial charge in [0.15, 0.2) is 18.1 Å². The van der Waals surface area contributed by atoms with E-state index >= 15 is 0 Å². The summed E-state index contributed by atoms with van der Waals surface area (Å²) in [6, 6.07) is 12.9. The predicted molar refractivity (Wildman–Crippen MR) is 99.0 cm³/mol.